The van der Waals surface area contributed by atoms with Gasteiger partial charge in [0.1, 0.15) is 6.04 Å². The number of carboxylic acids is 1. The van der Waals surface area contributed by atoms with Crippen LogP contribution in [0.2, 0.25) is 5.02 Å². The average Bonchev–Trinajstić information content (AvgIpc) is 2.99. The summed E-state index contributed by atoms with van der Waals surface area (Å²) in [6.45, 7) is 2.35. The quantitative estimate of drug-likeness (QED) is 0.738. The molecule has 1 aliphatic heterocycles. The molecule has 0 spiro atoms. The smallest absolute Gasteiger partial charge is 0.321 e. The van der Waals surface area contributed by atoms with E-state index in [2.05, 4.69) is 0 Å². The van der Waals surface area contributed by atoms with E-state index in [1.807, 2.05) is 19.1 Å². The van der Waals surface area contributed by atoms with Crippen LogP contribution in [0.3, 0.4) is 0 Å². The third kappa shape index (κ3) is 4.68. The van der Waals surface area contributed by atoms with Crippen LogP contribution in [0.1, 0.15) is 17.5 Å². The number of rotatable bonds is 6. The first-order valence-electron chi connectivity index (χ1n) is 8.46. The normalized spacial score (nSPS) is 20.7. The van der Waals surface area contributed by atoms with Crippen LogP contribution >= 0.6 is 11.6 Å². The predicted molar refractivity (Wildman–Crippen MR) is 101 cm³/mol. The maximum atomic E-state index is 12.5. The number of aliphatic carboxylic acids is 1. The topological polar surface area (TPSA) is 83.9 Å². The molecule has 1 aliphatic rings. The van der Waals surface area contributed by atoms with Crippen molar-refractivity contribution in [3.05, 3.63) is 64.7 Å². The molecule has 144 valence electrons. The van der Waals surface area contributed by atoms with Crippen molar-refractivity contribution >= 4 is 27.7 Å². The molecule has 0 aromatic heterocycles. The molecule has 0 unspecified atom stereocenters. The van der Waals surface area contributed by atoms with Crippen LogP contribution in [0, 0.1) is 6.92 Å². The molecule has 1 saturated heterocycles. The van der Waals surface area contributed by atoms with Gasteiger partial charge in [-0.25, -0.2) is 0 Å². The van der Waals surface area contributed by atoms with Gasteiger partial charge in [-0.2, -0.15) is 8.42 Å². The molecule has 27 heavy (non-hydrogen) atoms. The van der Waals surface area contributed by atoms with Gasteiger partial charge in [-0.05, 0) is 30.7 Å². The number of carboxylic acid groups (broad SMARTS) is 1. The summed E-state index contributed by atoms with van der Waals surface area (Å²) in [4.78, 5) is 13.4. The Morgan fingerprint density at radius 1 is 1.22 bits per heavy atom. The van der Waals surface area contributed by atoms with Gasteiger partial charge in [-0.15, -0.1) is 0 Å². The van der Waals surface area contributed by atoms with Crippen molar-refractivity contribution in [3.8, 4) is 0 Å². The highest BCUT2D eigenvalue weighted by molar-refractivity contribution is 7.86. The summed E-state index contributed by atoms with van der Waals surface area (Å²) >= 11 is 6.16. The number of halogens is 1. The number of aryl methyl sites for hydroxylation is 1. The molecule has 6 nitrogen and oxygen atoms in total. The maximum Gasteiger partial charge on any atom is 0.321 e. The zero-order valence-corrected chi connectivity index (χ0v) is 16.3. The second-order valence-electron chi connectivity index (χ2n) is 6.60. The van der Waals surface area contributed by atoms with Crippen LogP contribution < -0.4 is 0 Å². The minimum absolute atomic E-state index is 0.0597. The molecule has 2 aromatic rings. The zero-order chi connectivity index (χ0) is 19.6. The SMILES string of the molecule is Cc1ccc(S(=O)(=O)O[C@@H]2C[C@@H](C(=O)O)N(Cc3ccccc3Cl)C2)cc1. The van der Waals surface area contributed by atoms with Crippen molar-refractivity contribution in [1.29, 1.82) is 0 Å². The lowest BCUT2D eigenvalue weighted by atomic mass is 10.2. The van der Waals surface area contributed by atoms with Crippen molar-refractivity contribution in [2.24, 2.45) is 0 Å². The first-order valence-corrected chi connectivity index (χ1v) is 10.2. The monoisotopic (exact) mass is 409 g/mol. The second kappa shape index (κ2) is 7.98. The Morgan fingerprint density at radius 2 is 1.89 bits per heavy atom. The number of likely N-dealkylation sites (tertiary alicyclic amines) is 1. The summed E-state index contributed by atoms with van der Waals surface area (Å²) in [5.74, 6) is -1.01. The highest BCUT2D eigenvalue weighted by atomic mass is 35.5. The fourth-order valence-electron chi connectivity index (χ4n) is 3.15. The predicted octanol–water partition coefficient (Wildman–Crippen LogP) is 3.08. The third-order valence-electron chi connectivity index (χ3n) is 4.55. The largest absolute Gasteiger partial charge is 0.480 e. The van der Waals surface area contributed by atoms with Crippen molar-refractivity contribution in [1.82, 2.24) is 4.90 Å². The number of hydrogen-bond acceptors (Lipinski definition) is 5. The van der Waals surface area contributed by atoms with E-state index >= 15 is 0 Å². The van der Waals surface area contributed by atoms with Gasteiger partial charge in [-0.1, -0.05) is 47.5 Å². The Hall–Kier alpha value is -1.93. The Labute approximate surface area is 163 Å². The maximum absolute atomic E-state index is 12.5. The number of nitrogens with zero attached hydrogens (tertiary/aromatic N) is 1. The summed E-state index contributed by atoms with van der Waals surface area (Å²) in [6, 6.07) is 12.7. The van der Waals surface area contributed by atoms with Crippen molar-refractivity contribution in [2.45, 2.75) is 36.9 Å². The van der Waals surface area contributed by atoms with Crippen molar-refractivity contribution in [3.63, 3.8) is 0 Å². The Bertz CT molecular complexity index is 929. The van der Waals surface area contributed by atoms with E-state index in [0.717, 1.165) is 11.1 Å². The van der Waals surface area contributed by atoms with Crippen LogP contribution in [0.4, 0.5) is 0 Å². The average molecular weight is 410 g/mol. The van der Waals surface area contributed by atoms with E-state index in [1.54, 1.807) is 29.2 Å². The van der Waals surface area contributed by atoms with E-state index in [1.165, 1.54) is 12.1 Å². The minimum atomic E-state index is -3.96. The molecular weight excluding hydrogens is 390 g/mol. The van der Waals surface area contributed by atoms with Gasteiger partial charge in [0.05, 0.1) is 11.0 Å². The Kier molecular flexibility index (Phi) is 5.86. The van der Waals surface area contributed by atoms with Crippen molar-refractivity contribution < 1.29 is 22.5 Å². The van der Waals surface area contributed by atoms with E-state index in [9.17, 15) is 18.3 Å². The molecular formula is C19H20ClNO5S. The van der Waals surface area contributed by atoms with Gasteiger partial charge in [0.2, 0.25) is 0 Å². The second-order valence-corrected chi connectivity index (χ2v) is 8.58. The molecule has 0 radical (unpaired) electrons. The van der Waals surface area contributed by atoms with Crippen molar-refractivity contribution in [2.75, 3.05) is 6.54 Å². The molecule has 2 aromatic carbocycles. The van der Waals surface area contributed by atoms with Gasteiger partial charge >= 0.3 is 5.97 Å². The molecule has 1 fully saturated rings. The molecule has 3 rings (SSSR count). The third-order valence-corrected chi connectivity index (χ3v) is 6.30. The van der Waals surface area contributed by atoms with Gasteiger partial charge in [-0.3, -0.25) is 13.9 Å². The molecule has 1 N–H and O–H groups in total. The minimum Gasteiger partial charge on any atom is -0.480 e. The molecule has 1 heterocycles. The summed E-state index contributed by atoms with van der Waals surface area (Å²) in [5.41, 5.74) is 1.72. The van der Waals surface area contributed by atoms with Crippen LogP contribution in [0.25, 0.3) is 0 Å². The first-order chi connectivity index (χ1) is 12.8. The summed E-state index contributed by atoms with van der Waals surface area (Å²) in [7, 11) is -3.96. The summed E-state index contributed by atoms with van der Waals surface area (Å²) in [6.07, 6.45) is -0.648. The Morgan fingerprint density at radius 3 is 2.52 bits per heavy atom. The molecule has 8 heteroatoms. The Balaban J connectivity index is 1.75. The molecule has 0 amide bonds. The molecule has 0 bridgehead atoms. The fourth-order valence-corrected chi connectivity index (χ4v) is 4.42. The van der Waals surface area contributed by atoms with Crippen LogP contribution in [0.15, 0.2) is 53.4 Å². The van der Waals surface area contributed by atoms with Crippen LogP contribution in [-0.4, -0.2) is 43.1 Å². The lowest BCUT2D eigenvalue weighted by molar-refractivity contribution is -0.142. The van der Waals surface area contributed by atoms with Gasteiger partial charge in [0, 0.05) is 24.5 Å². The van der Waals surface area contributed by atoms with E-state index < -0.39 is 28.2 Å². The summed E-state index contributed by atoms with van der Waals surface area (Å²) < 4.78 is 30.3. The van der Waals surface area contributed by atoms with Gasteiger partial charge in [0.25, 0.3) is 10.1 Å². The number of hydrogen-bond donors (Lipinski definition) is 1. The fraction of sp³-hybridized carbons (Fsp3) is 0.316. The number of benzene rings is 2. The summed E-state index contributed by atoms with van der Waals surface area (Å²) in [5, 5.41) is 10.1. The molecule has 0 aliphatic carbocycles. The van der Waals surface area contributed by atoms with Gasteiger partial charge in [0.15, 0.2) is 0 Å². The van der Waals surface area contributed by atoms with Crippen LogP contribution in [-0.2, 0) is 25.6 Å². The lowest BCUT2D eigenvalue weighted by Crippen LogP contribution is -2.35. The first kappa shape index (κ1) is 19.8. The molecule has 2 atom stereocenters. The van der Waals surface area contributed by atoms with E-state index in [4.69, 9.17) is 15.8 Å². The van der Waals surface area contributed by atoms with E-state index in [0.29, 0.717) is 11.6 Å². The lowest BCUT2D eigenvalue weighted by Gasteiger charge is -2.21. The highest BCUT2D eigenvalue weighted by Gasteiger charge is 2.39. The molecule has 0 saturated carbocycles. The van der Waals surface area contributed by atoms with Gasteiger partial charge < -0.3 is 5.11 Å². The van der Waals surface area contributed by atoms with Crippen LogP contribution in [0.5, 0.6) is 0 Å². The highest BCUT2D eigenvalue weighted by Crippen LogP contribution is 2.28. The van der Waals surface area contributed by atoms with E-state index in [-0.39, 0.29) is 17.9 Å². The zero-order valence-electron chi connectivity index (χ0n) is 14.7. The standard InChI is InChI=1S/C19H20ClNO5S/c1-13-6-8-16(9-7-13)27(24,25)26-15-10-18(19(22)23)21(12-15)11-14-4-2-3-5-17(14)20/h2-9,15,18H,10-12H2,1H3,(H,22,23)/t15-,18+/m1/s1. The number of carbonyl (C=O) groups is 1.